The minimum absolute atomic E-state index is 0.177. The Kier molecular flexibility index (Phi) is 4.83. The van der Waals surface area contributed by atoms with Gasteiger partial charge in [0.1, 0.15) is 11.7 Å². The molecule has 3 heterocycles. The Balaban J connectivity index is 1.67. The number of hydrogen-bond donors (Lipinski definition) is 1. The highest BCUT2D eigenvalue weighted by atomic mass is 19.1. The van der Waals surface area contributed by atoms with Crippen LogP contribution in [0.3, 0.4) is 0 Å². The molecule has 1 aliphatic rings. The molecule has 2 atom stereocenters. The summed E-state index contributed by atoms with van der Waals surface area (Å²) in [6, 6.07) is 6.65. The lowest BCUT2D eigenvalue weighted by atomic mass is 10.2. The molecule has 0 bridgehead atoms. The molecule has 0 radical (unpaired) electrons. The summed E-state index contributed by atoms with van der Waals surface area (Å²) >= 11 is 0. The minimum Gasteiger partial charge on any atom is -0.480 e. The maximum atomic E-state index is 13.8. The molecule has 1 N–H and O–H groups in total. The summed E-state index contributed by atoms with van der Waals surface area (Å²) in [5, 5.41) is 10.7. The van der Waals surface area contributed by atoms with Crippen LogP contribution in [-0.2, 0) is 0 Å². The lowest BCUT2D eigenvalue weighted by Crippen LogP contribution is -2.40. The van der Waals surface area contributed by atoms with Gasteiger partial charge in [-0.1, -0.05) is 0 Å². The number of nitrogens with one attached hydrogen (secondary N) is 1. The van der Waals surface area contributed by atoms with Crippen molar-refractivity contribution < 1.29 is 13.9 Å². The first-order chi connectivity index (χ1) is 11.7. The molecule has 0 saturated carbocycles. The van der Waals surface area contributed by atoms with Gasteiger partial charge >= 0.3 is 0 Å². The smallest absolute Gasteiger partial charge is 0.256 e. The van der Waals surface area contributed by atoms with Crippen molar-refractivity contribution in [3.63, 3.8) is 0 Å². The maximum absolute atomic E-state index is 13.8. The van der Waals surface area contributed by atoms with Crippen LogP contribution in [0, 0.1) is 0 Å². The number of methoxy groups -OCH3 is 1. The number of carbonyl (C=O) groups excluding carboxylic acids is 1. The van der Waals surface area contributed by atoms with Gasteiger partial charge in [-0.05, 0) is 24.3 Å². The molecular weight excluding hydrogens is 313 g/mol. The second-order valence-electron chi connectivity index (χ2n) is 5.49. The van der Waals surface area contributed by atoms with E-state index in [9.17, 15) is 9.18 Å². The summed E-state index contributed by atoms with van der Waals surface area (Å²) in [6.45, 7) is 0.545. The number of aromatic nitrogens is 3. The van der Waals surface area contributed by atoms with E-state index in [-0.39, 0.29) is 24.4 Å². The number of pyridine rings is 1. The predicted octanol–water partition coefficient (Wildman–Crippen LogP) is 1.23. The Bertz CT molecular complexity index is 700. The lowest BCUT2D eigenvalue weighted by molar-refractivity contribution is 0.0947. The quantitative estimate of drug-likeness (QED) is 0.887. The highest BCUT2D eigenvalue weighted by Gasteiger charge is 2.33. The zero-order valence-electron chi connectivity index (χ0n) is 13.2. The zero-order chi connectivity index (χ0) is 16.9. The van der Waals surface area contributed by atoms with Gasteiger partial charge in [-0.25, -0.2) is 9.37 Å². The molecule has 8 heteroatoms. The van der Waals surface area contributed by atoms with E-state index < -0.39 is 6.17 Å². The molecular formula is C16H18FN5O2. The highest BCUT2D eigenvalue weighted by molar-refractivity contribution is 5.96. The first-order valence-corrected chi connectivity index (χ1v) is 7.64. The second-order valence-corrected chi connectivity index (χ2v) is 5.49. The fraction of sp³-hybridized carbons (Fsp3) is 0.375. The molecule has 24 heavy (non-hydrogen) atoms. The first-order valence-electron chi connectivity index (χ1n) is 7.64. The Morgan fingerprint density at radius 3 is 3.00 bits per heavy atom. The number of ether oxygens (including phenoxy) is 1. The van der Waals surface area contributed by atoms with Gasteiger partial charge in [-0.3, -0.25) is 4.79 Å². The van der Waals surface area contributed by atoms with Crippen molar-refractivity contribution in [1.82, 2.24) is 20.5 Å². The van der Waals surface area contributed by atoms with E-state index in [1.807, 2.05) is 4.90 Å². The van der Waals surface area contributed by atoms with Crippen molar-refractivity contribution in [2.24, 2.45) is 0 Å². The first kappa shape index (κ1) is 16.1. The SMILES string of the molecule is COc1ncccc1C(=O)NC[C@@H]1C[C@H](F)CN1c1cccnn1. The third kappa shape index (κ3) is 3.42. The van der Waals surface area contributed by atoms with Crippen molar-refractivity contribution in [2.45, 2.75) is 18.6 Å². The van der Waals surface area contributed by atoms with E-state index in [2.05, 4.69) is 20.5 Å². The Labute approximate surface area is 138 Å². The van der Waals surface area contributed by atoms with Crippen LogP contribution in [0.25, 0.3) is 0 Å². The summed E-state index contributed by atoms with van der Waals surface area (Å²) in [7, 11) is 1.46. The number of hydrogen-bond acceptors (Lipinski definition) is 6. The van der Waals surface area contributed by atoms with Gasteiger partial charge < -0.3 is 15.0 Å². The lowest BCUT2D eigenvalue weighted by Gasteiger charge is -2.25. The van der Waals surface area contributed by atoms with Crippen LogP contribution < -0.4 is 15.0 Å². The minimum atomic E-state index is -0.957. The van der Waals surface area contributed by atoms with Crippen molar-refractivity contribution in [2.75, 3.05) is 25.1 Å². The molecule has 3 rings (SSSR count). The van der Waals surface area contributed by atoms with Gasteiger partial charge in [-0.2, -0.15) is 5.10 Å². The molecule has 0 aliphatic carbocycles. The number of halogens is 1. The molecule has 0 aromatic carbocycles. The summed E-state index contributed by atoms with van der Waals surface area (Å²) in [4.78, 5) is 18.2. The number of rotatable bonds is 5. The Hall–Kier alpha value is -2.77. The molecule has 1 saturated heterocycles. The van der Waals surface area contributed by atoms with Crippen molar-refractivity contribution in [3.05, 3.63) is 42.2 Å². The molecule has 126 valence electrons. The fourth-order valence-electron chi connectivity index (χ4n) is 2.81. The fourth-order valence-corrected chi connectivity index (χ4v) is 2.81. The number of amides is 1. The number of anilines is 1. The molecule has 2 aromatic rings. The van der Waals surface area contributed by atoms with Gasteiger partial charge in [-0.15, -0.1) is 5.10 Å². The Morgan fingerprint density at radius 2 is 2.25 bits per heavy atom. The van der Waals surface area contributed by atoms with Crippen molar-refractivity contribution in [1.29, 1.82) is 0 Å². The highest BCUT2D eigenvalue weighted by Crippen LogP contribution is 2.25. The van der Waals surface area contributed by atoms with Crippen LogP contribution in [0.5, 0.6) is 5.88 Å². The Morgan fingerprint density at radius 1 is 1.42 bits per heavy atom. The molecule has 1 amide bonds. The van der Waals surface area contributed by atoms with Crippen molar-refractivity contribution in [3.8, 4) is 5.88 Å². The van der Waals surface area contributed by atoms with E-state index in [1.54, 1.807) is 36.7 Å². The van der Waals surface area contributed by atoms with Gasteiger partial charge in [0.15, 0.2) is 5.82 Å². The van der Waals surface area contributed by atoms with E-state index in [1.165, 1.54) is 7.11 Å². The molecule has 1 aliphatic heterocycles. The van der Waals surface area contributed by atoms with Crippen LogP contribution in [-0.4, -0.2) is 53.5 Å². The largest absolute Gasteiger partial charge is 0.480 e. The molecule has 1 fully saturated rings. The monoisotopic (exact) mass is 331 g/mol. The van der Waals surface area contributed by atoms with E-state index in [0.29, 0.717) is 24.3 Å². The summed E-state index contributed by atoms with van der Waals surface area (Å²) in [5.74, 6) is 0.563. The average Bonchev–Trinajstić information content (AvgIpc) is 3.01. The van der Waals surface area contributed by atoms with E-state index in [0.717, 1.165) is 0 Å². The third-order valence-corrected chi connectivity index (χ3v) is 3.92. The van der Waals surface area contributed by atoms with Gasteiger partial charge in [0.2, 0.25) is 5.88 Å². The molecule has 2 aromatic heterocycles. The second kappa shape index (κ2) is 7.20. The summed E-state index contributed by atoms with van der Waals surface area (Å²) < 4.78 is 18.9. The average molecular weight is 331 g/mol. The standard InChI is InChI=1S/C16H18FN5O2/c1-24-16-13(4-2-6-18-16)15(23)19-9-12-8-11(17)10-22(12)14-5-3-7-20-21-14/h2-7,11-12H,8-10H2,1H3,(H,19,23)/t11-,12-/m0/s1. The maximum Gasteiger partial charge on any atom is 0.256 e. The number of carbonyl (C=O) groups is 1. The van der Waals surface area contributed by atoms with Crippen LogP contribution in [0.4, 0.5) is 10.2 Å². The topological polar surface area (TPSA) is 80.2 Å². The number of nitrogens with zero attached hydrogens (tertiary/aromatic N) is 4. The normalized spacial score (nSPS) is 20.0. The van der Waals surface area contributed by atoms with E-state index in [4.69, 9.17) is 4.74 Å². The molecule has 7 nitrogen and oxygen atoms in total. The van der Waals surface area contributed by atoms with Gasteiger partial charge in [0, 0.05) is 25.4 Å². The van der Waals surface area contributed by atoms with Crippen LogP contribution >= 0.6 is 0 Å². The molecule has 0 spiro atoms. The van der Waals surface area contributed by atoms with Crippen molar-refractivity contribution >= 4 is 11.7 Å². The van der Waals surface area contributed by atoms with Crippen LogP contribution in [0.1, 0.15) is 16.8 Å². The van der Waals surface area contributed by atoms with E-state index >= 15 is 0 Å². The van der Waals surface area contributed by atoms with Gasteiger partial charge in [0.25, 0.3) is 5.91 Å². The van der Waals surface area contributed by atoms with Crippen LogP contribution in [0.2, 0.25) is 0 Å². The molecule has 0 unspecified atom stereocenters. The predicted molar refractivity (Wildman–Crippen MR) is 85.8 cm³/mol. The number of alkyl halides is 1. The third-order valence-electron chi connectivity index (χ3n) is 3.92. The van der Waals surface area contributed by atoms with Gasteiger partial charge in [0.05, 0.1) is 19.7 Å². The summed E-state index contributed by atoms with van der Waals surface area (Å²) in [6.07, 6.45) is 2.50. The van der Waals surface area contributed by atoms with Crippen LogP contribution in [0.15, 0.2) is 36.7 Å². The zero-order valence-corrected chi connectivity index (χ0v) is 13.2. The summed E-state index contributed by atoms with van der Waals surface area (Å²) in [5.41, 5.74) is 0.348.